The Labute approximate surface area is 834 Å². The number of aromatic hydroxyl groups is 2. The lowest BCUT2D eigenvalue weighted by Crippen LogP contribution is -2.50. The molecule has 5 amide bonds. The van der Waals surface area contributed by atoms with Crippen molar-refractivity contribution in [2.24, 2.45) is 41.2 Å². The van der Waals surface area contributed by atoms with Crippen molar-refractivity contribution in [3.63, 3.8) is 0 Å². The van der Waals surface area contributed by atoms with Crippen LogP contribution in [0, 0.1) is 42.4 Å². The van der Waals surface area contributed by atoms with Gasteiger partial charge in [-0.2, -0.15) is 0 Å². The summed E-state index contributed by atoms with van der Waals surface area (Å²) in [5, 5.41) is 49.7. The minimum absolute atomic E-state index is 0.00707. The quantitative estimate of drug-likeness (QED) is 0.0306. The number of methoxy groups -OCH3 is 4. The molecular formula is C109H119Cl3N8O21. The van der Waals surface area contributed by atoms with Gasteiger partial charge in [0.1, 0.15) is 71.5 Å². The summed E-state index contributed by atoms with van der Waals surface area (Å²) in [6, 6.07) is 54.1. The molecule has 6 aliphatic heterocycles. The van der Waals surface area contributed by atoms with Crippen LogP contribution in [0.5, 0.6) is 40.2 Å². The fourth-order valence-electron chi connectivity index (χ4n) is 20.9. The Balaban J connectivity index is 0.000000143. The van der Waals surface area contributed by atoms with Crippen LogP contribution in [0.2, 0.25) is 15.1 Å². The molecule has 0 unspecified atom stereocenters. The topological polar surface area (TPSA) is 379 Å². The summed E-state index contributed by atoms with van der Waals surface area (Å²) in [6.45, 7) is 7.93. The van der Waals surface area contributed by atoms with Crippen LogP contribution in [0.25, 0.3) is 0 Å². The van der Waals surface area contributed by atoms with Gasteiger partial charge in [-0.25, -0.2) is 0 Å². The predicted octanol–water partition coefficient (Wildman–Crippen LogP) is 18.1. The lowest BCUT2D eigenvalue weighted by atomic mass is 9.77. The SMILES string of the molecule is COc1ccc(COC(=O)[C@H]2CCCC[C@H]2C(=O)N2CCc3c(Cl)ccc(O)c3[C@H]2CN2Cc3ccccc3C2=O)c(OC)c1.COc1ccc(COC(=O)[C@H]2CCCC[C@H]2C(=O)O)c(OC)c1.C[C@@H](N)c1ccccc1.Cc1cc(COc2ccc(Cl)c3c2[C@@H](CN2Cc4ccccc4C2=O)N(C(=O)[C@@H]2CCCC[C@@H]2C(=O)O)CC3)no1.O=C1c2ccccc2CN1C[C@H]1NCCc2c(Cl)ccc(O)c21. The van der Waals surface area contributed by atoms with E-state index in [1.165, 1.54) is 18.7 Å². The Bertz CT molecular complexity index is 6240. The number of aryl methyl sites for hydroxylation is 1. The molecule has 3 saturated carbocycles. The molecule has 9 aromatic carbocycles. The van der Waals surface area contributed by atoms with E-state index in [0.717, 1.165) is 102 Å². The molecular weight excluding hydrogens is 1860 g/mol. The molecule has 3 fully saturated rings. The molecule has 742 valence electrons. The maximum absolute atomic E-state index is 14.5. The molecule has 9 aliphatic rings. The predicted molar refractivity (Wildman–Crippen MR) is 527 cm³/mol. The van der Waals surface area contributed by atoms with Gasteiger partial charge in [-0.05, 0) is 196 Å². The zero-order chi connectivity index (χ0) is 99.8. The van der Waals surface area contributed by atoms with E-state index in [4.69, 9.17) is 78.2 Å². The van der Waals surface area contributed by atoms with Gasteiger partial charge in [-0.1, -0.05) is 163 Å². The number of esters is 2. The van der Waals surface area contributed by atoms with Crippen LogP contribution in [-0.2, 0) is 97.0 Å². The zero-order valence-corrected chi connectivity index (χ0v) is 82.1. The Kier molecular flexibility index (Phi) is 34.0. The van der Waals surface area contributed by atoms with Gasteiger partial charge in [0.2, 0.25) is 11.8 Å². The van der Waals surface area contributed by atoms with Crippen LogP contribution in [0.1, 0.15) is 217 Å². The number of carboxylic acids is 2. The average molecular weight is 1980 g/mol. The number of nitrogens with two attached hydrogens (primary N) is 1. The number of nitrogens with zero attached hydrogens (tertiary/aromatic N) is 6. The standard InChI is InChI=1S/C35H37ClN2O7.C31H32ClN3O6.C18H17ClN2O2.C17H22O6.C8H11N/c1-43-23-12-11-22(31(17-23)44-2)20-45-35(42)26-10-6-5-9-25(26)34(41)38-16-15-27-28(36)13-14-30(39)32(27)29(38)19-37-18-21-7-3-4-8-24(21)33(37)40;1-18-14-20(33-41-18)17-40-27-11-10-25(32)24-12-13-35(30(37)22-8-4-5-9-23(22)31(38)39)26(28(24)27)16-34-15-19-6-2-3-7-21(19)29(34)36;19-14-5-6-16(22)17-13(14)7-8-20-15(17)10-21-9-11-3-1-2-4-12(11)18(21)23;1-21-12-8-7-11(15(9-12)22-2)10-23-17(20)14-6-4-3-5-13(14)16(18)19;1-7(9)8-5-3-2-4-6-8/h3-4,7-8,11-14,17,25-26,29,39H,5-6,9-10,15-16,18-20H2,1-2H3;2-3,6-7,10-11,14,22-23,26H,4-5,8-9,12-13,15-17H2,1H3,(H,38,39);1-6,15,20,22H,7-10H2;7-9,13-14H,3-6,10H2,1-2H3,(H,18,19);2-7H,9H2,1H3/t25-,26+,29-;22-,23+,26-;15-;13-,14+;7-/m11111/s1. The molecule has 3 aliphatic carbocycles. The average Bonchev–Trinajstić information content (AvgIpc) is 1.67. The van der Waals surface area contributed by atoms with Crippen molar-refractivity contribution >= 4 is 88.2 Å². The number of fused-ring (bicyclic) bond motifs is 6. The van der Waals surface area contributed by atoms with Crippen LogP contribution in [0.3, 0.4) is 0 Å². The summed E-state index contributed by atoms with van der Waals surface area (Å²) in [5.74, 6) is -3.08. The monoisotopic (exact) mass is 1980 g/mol. The van der Waals surface area contributed by atoms with Gasteiger partial charge in [-0.15, -0.1) is 0 Å². The second kappa shape index (κ2) is 46.9. The van der Waals surface area contributed by atoms with Crippen molar-refractivity contribution in [1.29, 1.82) is 0 Å². The normalized spacial score (nSPS) is 20.4. The second-order valence-corrected chi connectivity index (χ2v) is 38.1. The van der Waals surface area contributed by atoms with Crippen LogP contribution >= 0.6 is 34.8 Å². The number of aliphatic carboxylic acids is 2. The first kappa shape index (κ1) is 102. The van der Waals surface area contributed by atoms with Crippen molar-refractivity contribution in [3.8, 4) is 40.2 Å². The van der Waals surface area contributed by atoms with Gasteiger partial charge in [0, 0.05) is 136 Å². The van der Waals surface area contributed by atoms with Gasteiger partial charge in [0.05, 0.1) is 82.1 Å². The number of hydrogen-bond donors (Lipinski definition) is 6. The molecule has 19 rings (SSSR count). The van der Waals surface area contributed by atoms with Crippen molar-refractivity contribution in [2.45, 2.75) is 174 Å². The number of amides is 5. The van der Waals surface area contributed by atoms with Crippen LogP contribution < -0.4 is 34.7 Å². The lowest BCUT2D eigenvalue weighted by molar-refractivity contribution is -0.160. The van der Waals surface area contributed by atoms with Gasteiger partial charge in [0.25, 0.3) is 17.7 Å². The zero-order valence-electron chi connectivity index (χ0n) is 79.8. The van der Waals surface area contributed by atoms with E-state index in [2.05, 4.69) is 10.5 Å². The van der Waals surface area contributed by atoms with E-state index in [1.807, 2.05) is 115 Å². The number of hydrogen-bond acceptors (Lipinski definition) is 22. The molecule has 32 heteroatoms. The number of benzene rings is 9. The van der Waals surface area contributed by atoms with Gasteiger partial charge in [0.15, 0.2) is 0 Å². The summed E-state index contributed by atoms with van der Waals surface area (Å²) in [5.41, 5.74) is 18.6. The highest BCUT2D eigenvalue weighted by Gasteiger charge is 2.48. The molecule has 0 radical (unpaired) electrons. The van der Waals surface area contributed by atoms with E-state index >= 15 is 0 Å². The number of nitrogens with one attached hydrogen (secondary N) is 1. The number of rotatable bonds is 24. The third-order valence-electron chi connectivity index (χ3n) is 28.3. The summed E-state index contributed by atoms with van der Waals surface area (Å²) < 4.78 is 43.7. The number of ether oxygens (including phenoxy) is 7. The third-order valence-corrected chi connectivity index (χ3v) is 29.3. The number of phenols is 2. The van der Waals surface area contributed by atoms with Crippen molar-refractivity contribution in [3.05, 3.63) is 292 Å². The molecule has 10 atom stereocenters. The molecule has 0 saturated heterocycles. The van der Waals surface area contributed by atoms with Crippen molar-refractivity contribution in [1.82, 2.24) is 35.0 Å². The Morgan fingerprint density at radius 1 is 0.461 bits per heavy atom. The van der Waals surface area contributed by atoms with Crippen molar-refractivity contribution < 1.29 is 101 Å². The molecule has 10 aromatic rings. The Hall–Kier alpha value is -13.2. The number of aromatic nitrogens is 1. The Morgan fingerprint density at radius 2 is 0.865 bits per heavy atom. The van der Waals surface area contributed by atoms with E-state index in [1.54, 1.807) is 121 Å². The fourth-order valence-corrected chi connectivity index (χ4v) is 21.7. The second-order valence-electron chi connectivity index (χ2n) is 36.9. The summed E-state index contributed by atoms with van der Waals surface area (Å²) in [4.78, 5) is 126. The number of carboxylic acid groups (broad SMARTS) is 2. The number of halogens is 3. The first-order valence-corrected chi connectivity index (χ1v) is 49.1. The third kappa shape index (κ3) is 23.5. The molecule has 0 spiro atoms. The molecule has 7 N–H and O–H groups in total. The van der Waals surface area contributed by atoms with Gasteiger partial charge < -0.3 is 93.7 Å². The van der Waals surface area contributed by atoms with Gasteiger partial charge >= 0.3 is 23.9 Å². The molecule has 29 nitrogen and oxygen atoms in total. The number of phenolic OH excluding ortho intramolecular Hbond substituents is 2. The highest BCUT2D eigenvalue weighted by atomic mass is 35.5. The number of carbonyl (C=O) groups excluding carboxylic acids is 7. The fraction of sp³-hybridized carbons (Fsp3) is 0.394. The summed E-state index contributed by atoms with van der Waals surface area (Å²) in [7, 11) is 6.20. The maximum atomic E-state index is 14.5. The first-order chi connectivity index (χ1) is 68.1. The van der Waals surface area contributed by atoms with Crippen LogP contribution in [-0.4, -0.2) is 171 Å². The lowest BCUT2D eigenvalue weighted by Gasteiger charge is -2.43. The van der Waals surface area contributed by atoms with Crippen LogP contribution in [0.15, 0.2) is 187 Å². The highest BCUT2D eigenvalue weighted by Crippen LogP contribution is 2.48. The van der Waals surface area contributed by atoms with Crippen molar-refractivity contribution in [2.75, 3.05) is 67.7 Å². The van der Waals surface area contributed by atoms with Crippen LogP contribution in [0.4, 0.5) is 0 Å². The van der Waals surface area contributed by atoms with E-state index in [9.17, 15) is 63.6 Å². The van der Waals surface area contributed by atoms with E-state index in [-0.39, 0.29) is 86.0 Å². The molecule has 141 heavy (non-hydrogen) atoms. The number of carbonyl (C=O) groups is 9. The first-order valence-electron chi connectivity index (χ1n) is 48.0. The Morgan fingerprint density at radius 3 is 1.30 bits per heavy atom. The summed E-state index contributed by atoms with van der Waals surface area (Å²) >= 11 is 19.6. The smallest absolute Gasteiger partial charge is 0.310 e. The minimum Gasteiger partial charge on any atom is -0.508 e. The van der Waals surface area contributed by atoms with Gasteiger partial charge in [-0.3, -0.25) is 43.2 Å². The van der Waals surface area contributed by atoms with E-state index < -0.39 is 71.5 Å². The maximum Gasteiger partial charge on any atom is 0.310 e. The van der Waals surface area contributed by atoms with E-state index in [0.29, 0.717) is 174 Å². The minimum atomic E-state index is -0.933. The largest absolute Gasteiger partial charge is 0.508 e. The molecule has 0 bridgehead atoms. The highest BCUT2D eigenvalue weighted by molar-refractivity contribution is 6.32. The molecule has 1 aromatic heterocycles. The summed E-state index contributed by atoms with van der Waals surface area (Å²) in [6.07, 6.45) is 9.88. The molecule has 7 heterocycles.